The zero-order valence-electron chi connectivity index (χ0n) is 10.0. The lowest BCUT2D eigenvalue weighted by atomic mass is 9.82. The lowest BCUT2D eigenvalue weighted by Crippen LogP contribution is -2.25. The van der Waals surface area contributed by atoms with Gasteiger partial charge in [0.25, 0.3) is 0 Å². The summed E-state index contributed by atoms with van der Waals surface area (Å²) in [5.74, 6) is 1.71. The van der Waals surface area contributed by atoms with Crippen molar-refractivity contribution in [2.75, 3.05) is 13.2 Å². The van der Waals surface area contributed by atoms with Gasteiger partial charge in [-0.1, -0.05) is 27.7 Å². The Labute approximate surface area is 88.3 Å². The highest BCUT2D eigenvalue weighted by molar-refractivity contribution is 4.71. The summed E-state index contributed by atoms with van der Waals surface area (Å²) in [5, 5.41) is 18.6. The molecule has 0 aliphatic heterocycles. The Morgan fingerprint density at radius 3 is 1.14 bits per heavy atom. The molecule has 0 fully saturated rings. The first-order chi connectivity index (χ1) is 6.51. The van der Waals surface area contributed by atoms with Gasteiger partial charge in [-0.15, -0.1) is 0 Å². The van der Waals surface area contributed by atoms with E-state index < -0.39 is 0 Å². The molecule has 0 bridgehead atoms. The zero-order chi connectivity index (χ0) is 11.1. The highest BCUT2D eigenvalue weighted by atomic mass is 16.3. The number of hydrogen-bond acceptors (Lipinski definition) is 2. The first-order valence-corrected chi connectivity index (χ1v) is 5.72. The summed E-state index contributed by atoms with van der Waals surface area (Å²) in [6.07, 6.45) is 2.02. The van der Waals surface area contributed by atoms with Gasteiger partial charge in [0.2, 0.25) is 0 Å². The lowest BCUT2D eigenvalue weighted by Gasteiger charge is -2.26. The van der Waals surface area contributed by atoms with Crippen LogP contribution in [0.15, 0.2) is 0 Å². The summed E-state index contributed by atoms with van der Waals surface area (Å²) >= 11 is 0. The first kappa shape index (κ1) is 13.9. The number of rotatable bonds is 7. The summed E-state index contributed by atoms with van der Waals surface area (Å²) in [6, 6.07) is 0. The Hall–Kier alpha value is -0.0800. The minimum atomic E-state index is 0.204. The van der Waals surface area contributed by atoms with E-state index in [9.17, 15) is 10.2 Å². The van der Waals surface area contributed by atoms with E-state index in [1.54, 1.807) is 0 Å². The smallest absolute Gasteiger partial charge is 0.0462 e. The summed E-state index contributed by atoms with van der Waals surface area (Å²) in [7, 11) is 0. The Balaban J connectivity index is 4.14. The fourth-order valence-electron chi connectivity index (χ4n) is 2.04. The molecule has 2 atom stereocenters. The minimum Gasteiger partial charge on any atom is -0.396 e. The number of aliphatic hydroxyl groups excluding tert-OH is 2. The predicted octanol–water partition coefficient (Wildman–Crippen LogP) is 2.30. The fraction of sp³-hybridized carbons (Fsp3) is 1.00. The quantitative estimate of drug-likeness (QED) is 0.665. The summed E-state index contributed by atoms with van der Waals surface area (Å²) in [5.41, 5.74) is 0. The first-order valence-electron chi connectivity index (χ1n) is 5.72. The molecule has 0 aromatic rings. The standard InChI is InChI=1S/C12H26O2/c1-9(2)5-11(7-13)12(8-14)6-10(3)4/h9-14H,5-8H2,1-4H3. The van der Waals surface area contributed by atoms with Crippen LogP contribution in [0.4, 0.5) is 0 Å². The topological polar surface area (TPSA) is 40.5 Å². The van der Waals surface area contributed by atoms with Gasteiger partial charge in [-0.25, -0.2) is 0 Å². The van der Waals surface area contributed by atoms with Gasteiger partial charge in [0.05, 0.1) is 0 Å². The SMILES string of the molecule is CC(C)CC(CO)C(CO)CC(C)C. The van der Waals surface area contributed by atoms with E-state index in [0.717, 1.165) is 12.8 Å². The van der Waals surface area contributed by atoms with Crippen molar-refractivity contribution in [3.8, 4) is 0 Å². The molecule has 0 aromatic heterocycles. The molecule has 86 valence electrons. The van der Waals surface area contributed by atoms with Crippen molar-refractivity contribution >= 4 is 0 Å². The van der Waals surface area contributed by atoms with Crippen LogP contribution in [-0.4, -0.2) is 23.4 Å². The third-order valence-electron chi connectivity index (χ3n) is 2.68. The van der Waals surface area contributed by atoms with Crippen LogP contribution < -0.4 is 0 Å². The van der Waals surface area contributed by atoms with Gasteiger partial charge in [-0.2, -0.15) is 0 Å². The molecular weight excluding hydrogens is 176 g/mol. The second-order valence-corrected chi connectivity index (χ2v) is 5.14. The molecule has 2 nitrogen and oxygen atoms in total. The second kappa shape index (κ2) is 7.24. The molecule has 0 radical (unpaired) electrons. The highest BCUT2D eigenvalue weighted by Gasteiger charge is 2.21. The maximum atomic E-state index is 9.28. The van der Waals surface area contributed by atoms with Gasteiger partial charge >= 0.3 is 0 Å². The Morgan fingerprint density at radius 1 is 0.714 bits per heavy atom. The minimum absolute atomic E-state index is 0.204. The predicted molar refractivity (Wildman–Crippen MR) is 60.1 cm³/mol. The molecule has 2 heteroatoms. The Morgan fingerprint density at radius 2 is 1.00 bits per heavy atom. The molecule has 0 saturated heterocycles. The lowest BCUT2D eigenvalue weighted by molar-refractivity contribution is 0.0919. The van der Waals surface area contributed by atoms with E-state index >= 15 is 0 Å². The van der Waals surface area contributed by atoms with Gasteiger partial charge in [-0.05, 0) is 36.5 Å². The van der Waals surface area contributed by atoms with Crippen molar-refractivity contribution in [1.82, 2.24) is 0 Å². The fourth-order valence-corrected chi connectivity index (χ4v) is 2.04. The van der Waals surface area contributed by atoms with Crippen LogP contribution in [0, 0.1) is 23.7 Å². The molecule has 0 aliphatic rings. The normalized spacial score (nSPS) is 16.3. The molecular formula is C12H26O2. The van der Waals surface area contributed by atoms with Crippen molar-refractivity contribution in [1.29, 1.82) is 0 Å². The van der Waals surface area contributed by atoms with Crippen LogP contribution in [0.1, 0.15) is 40.5 Å². The van der Waals surface area contributed by atoms with Gasteiger partial charge in [0.1, 0.15) is 0 Å². The molecule has 14 heavy (non-hydrogen) atoms. The number of hydrogen-bond donors (Lipinski definition) is 2. The maximum Gasteiger partial charge on any atom is 0.0462 e. The molecule has 0 rings (SSSR count). The Kier molecular flexibility index (Phi) is 7.20. The number of aliphatic hydroxyl groups is 2. The van der Waals surface area contributed by atoms with Crippen molar-refractivity contribution in [3.05, 3.63) is 0 Å². The average Bonchev–Trinajstić information content (AvgIpc) is 2.10. The molecule has 0 heterocycles. The van der Waals surface area contributed by atoms with E-state index in [4.69, 9.17) is 0 Å². The van der Waals surface area contributed by atoms with Crippen molar-refractivity contribution in [2.24, 2.45) is 23.7 Å². The van der Waals surface area contributed by atoms with E-state index in [1.807, 2.05) is 0 Å². The molecule has 0 aromatic carbocycles. The highest BCUT2D eigenvalue weighted by Crippen LogP contribution is 2.25. The molecule has 2 N–H and O–H groups in total. The van der Waals surface area contributed by atoms with Gasteiger partial charge < -0.3 is 10.2 Å². The van der Waals surface area contributed by atoms with Gasteiger partial charge in [0.15, 0.2) is 0 Å². The van der Waals surface area contributed by atoms with Crippen molar-refractivity contribution < 1.29 is 10.2 Å². The zero-order valence-corrected chi connectivity index (χ0v) is 10.0. The van der Waals surface area contributed by atoms with Gasteiger partial charge in [0, 0.05) is 13.2 Å². The van der Waals surface area contributed by atoms with E-state index in [2.05, 4.69) is 27.7 Å². The maximum absolute atomic E-state index is 9.28. The van der Waals surface area contributed by atoms with Crippen LogP contribution in [-0.2, 0) is 0 Å². The summed E-state index contributed by atoms with van der Waals surface area (Å²) in [6.45, 7) is 9.05. The second-order valence-electron chi connectivity index (χ2n) is 5.14. The van der Waals surface area contributed by atoms with Crippen LogP contribution in [0.3, 0.4) is 0 Å². The molecule has 0 aliphatic carbocycles. The Bertz CT molecular complexity index is 116. The third kappa shape index (κ3) is 5.61. The molecule has 2 unspecified atom stereocenters. The van der Waals surface area contributed by atoms with Crippen LogP contribution >= 0.6 is 0 Å². The summed E-state index contributed by atoms with van der Waals surface area (Å²) < 4.78 is 0. The van der Waals surface area contributed by atoms with E-state index in [-0.39, 0.29) is 25.0 Å². The monoisotopic (exact) mass is 202 g/mol. The van der Waals surface area contributed by atoms with Crippen LogP contribution in [0.2, 0.25) is 0 Å². The average molecular weight is 202 g/mol. The summed E-state index contributed by atoms with van der Waals surface area (Å²) in [4.78, 5) is 0. The van der Waals surface area contributed by atoms with E-state index in [1.165, 1.54) is 0 Å². The van der Waals surface area contributed by atoms with Gasteiger partial charge in [-0.3, -0.25) is 0 Å². The third-order valence-corrected chi connectivity index (χ3v) is 2.68. The van der Waals surface area contributed by atoms with Crippen molar-refractivity contribution in [3.63, 3.8) is 0 Å². The van der Waals surface area contributed by atoms with Crippen LogP contribution in [0.25, 0.3) is 0 Å². The largest absolute Gasteiger partial charge is 0.396 e. The molecule has 0 amide bonds. The molecule has 0 spiro atoms. The van der Waals surface area contributed by atoms with E-state index in [0.29, 0.717) is 11.8 Å². The van der Waals surface area contributed by atoms with Crippen molar-refractivity contribution in [2.45, 2.75) is 40.5 Å². The molecule has 0 saturated carbocycles. The van der Waals surface area contributed by atoms with Crippen LogP contribution in [0.5, 0.6) is 0 Å².